The van der Waals surface area contributed by atoms with E-state index >= 15 is 0 Å². The molecule has 0 atom stereocenters. The van der Waals surface area contributed by atoms with E-state index in [1.807, 2.05) is 0 Å². The summed E-state index contributed by atoms with van der Waals surface area (Å²) in [7, 11) is -4.35. The van der Waals surface area contributed by atoms with Crippen molar-refractivity contribution in [3.63, 3.8) is 0 Å². The maximum atomic E-state index is 7.73. The van der Waals surface area contributed by atoms with Crippen molar-refractivity contribution in [1.29, 1.82) is 0 Å². The number of nitrogens with two attached hydrogens (primary N) is 1. The molecule has 0 bridgehead atoms. The van der Waals surface area contributed by atoms with Crippen LogP contribution in [0.3, 0.4) is 0 Å². The van der Waals surface area contributed by atoms with Crippen molar-refractivity contribution in [1.82, 2.24) is 0 Å². The predicted octanol–water partition coefficient (Wildman–Crippen LogP) is -3.63. The molecule has 7 heavy (non-hydrogen) atoms. The van der Waals surface area contributed by atoms with Crippen molar-refractivity contribution in [2.45, 2.75) is 0 Å². The Kier molecular flexibility index (Phi) is 5.73. The molecule has 0 radical (unpaired) electrons. The highest BCUT2D eigenvalue weighted by Crippen LogP contribution is 1.76. The largest absolute Gasteiger partial charge is 0.688 e. The van der Waals surface area contributed by atoms with Gasteiger partial charge in [-0.05, 0) is 0 Å². The highest BCUT2D eigenvalue weighted by molar-refractivity contribution is 6.48. The Morgan fingerprint density at radius 1 is 1.29 bits per heavy atom. The summed E-state index contributed by atoms with van der Waals surface area (Å²) in [5, 5.41) is 0. The van der Waals surface area contributed by atoms with Crippen molar-refractivity contribution >= 4 is 32.1 Å². The van der Waals surface area contributed by atoms with Crippen LogP contribution in [0.2, 0.25) is 0 Å². The van der Waals surface area contributed by atoms with Crippen molar-refractivity contribution in [2.24, 2.45) is 5.90 Å². The molecule has 0 spiro atoms. The fraction of sp³-hybridized carbons (Fsp3) is 0. The monoisotopic (exact) mass is 137 g/mol. The van der Waals surface area contributed by atoms with E-state index in [1.165, 1.54) is 0 Å². The molecule has 0 aliphatic carbocycles. The van der Waals surface area contributed by atoms with Crippen molar-refractivity contribution in [2.75, 3.05) is 0 Å². The number of hydrogen-bond donors (Lipinski definition) is 4. The van der Waals surface area contributed by atoms with Gasteiger partial charge in [0.1, 0.15) is 0 Å². The van der Waals surface area contributed by atoms with Crippen LogP contribution in [-0.4, -0.2) is 46.5 Å². The van der Waals surface area contributed by atoms with E-state index < -0.39 is 9.05 Å². The van der Waals surface area contributed by atoms with Crippen LogP contribution < -0.4 is 5.90 Å². The Morgan fingerprint density at radius 3 is 1.43 bits per heavy atom. The summed E-state index contributed by atoms with van der Waals surface area (Å²) in [6.07, 6.45) is 0. The molecule has 0 saturated heterocycles. The molecule has 0 aliphatic heterocycles. The molecule has 0 aromatic heterocycles. The standard InChI is InChI=1S/Mg.H5NO4Si.2H/c;1-5-6(2,3)4;;/h;2-4H,1H2;;. The van der Waals surface area contributed by atoms with Crippen molar-refractivity contribution in [3.05, 3.63) is 0 Å². The zero-order valence-electron chi connectivity index (χ0n) is 2.83. The summed E-state index contributed by atoms with van der Waals surface area (Å²) >= 11 is 0. The Hall–Kier alpha value is 0.783. The van der Waals surface area contributed by atoms with Gasteiger partial charge in [-0.15, -0.1) is 0 Å². The van der Waals surface area contributed by atoms with E-state index in [4.69, 9.17) is 14.4 Å². The van der Waals surface area contributed by atoms with Gasteiger partial charge in [0.15, 0.2) is 0 Å². The zero-order valence-corrected chi connectivity index (χ0v) is 3.83. The molecule has 0 aromatic carbocycles. The lowest BCUT2D eigenvalue weighted by Crippen LogP contribution is -2.41. The minimum Gasteiger partial charge on any atom is -0.367 e. The maximum Gasteiger partial charge on any atom is 0.688 e. The van der Waals surface area contributed by atoms with Crippen LogP contribution in [-0.2, 0) is 4.53 Å². The topological polar surface area (TPSA) is 95.9 Å². The smallest absolute Gasteiger partial charge is 0.367 e. The van der Waals surface area contributed by atoms with Crippen molar-refractivity contribution < 1.29 is 18.9 Å². The van der Waals surface area contributed by atoms with Crippen LogP contribution in [0.5, 0.6) is 0 Å². The maximum absolute atomic E-state index is 7.73. The number of hydrogen-bond acceptors (Lipinski definition) is 5. The van der Waals surface area contributed by atoms with Gasteiger partial charge < -0.3 is 14.4 Å². The SMILES string of the molecule is NO[Si](O)(O)O.[MgH2]. The lowest BCUT2D eigenvalue weighted by atomic mass is 13.6. The molecule has 42 valence electrons. The zero-order chi connectivity index (χ0) is 5.21. The molecule has 0 amide bonds. The summed E-state index contributed by atoms with van der Waals surface area (Å²) in [6.45, 7) is 0. The minimum absolute atomic E-state index is 0. The average Bonchev–Trinajstić information content (AvgIpc) is 1.35. The molecule has 5 nitrogen and oxygen atoms in total. The van der Waals surface area contributed by atoms with Crippen LogP contribution >= 0.6 is 0 Å². The summed E-state index contributed by atoms with van der Waals surface area (Å²) in [6, 6.07) is 0. The molecular weight excluding hydrogens is 130 g/mol. The Morgan fingerprint density at radius 2 is 1.43 bits per heavy atom. The molecular formula is H7MgNO4Si. The van der Waals surface area contributed by atoms with Gasteiger partial charge in [0.25, 0.3) is 0 Å². The van der Waals surface area contributed by atoms with Gasteiger partial charge in [0.05, 0.1) is 0 Å². The third-order valence-corrected chi connectivity index (χ3v) is 0.474. The Balaban J connectivity index is 0. The first-order valence-electron chi connectivity index (χ1n) is 1.11. The van der Waals surface area contributed by atoms with Gasteiger partial charge in [-0.3, -0.25) is 4.53 Å². The molecule has 0 fully saturated rings. The quantitative estimate of drug-likeness (QED) is 0.221. The average molecular weight is 137 g/mol. The van der Waals surface area contributed by atoms with E-state index in [9.17, 15) is 0 Å². The molecule has 0 aromatic rings. The van der Waals surface area contributed by atoms with Gasteiger partial charge >= 0.3 is 32.1 Å². The first-order valence-corrected chi connectivity index (χ1v) is 2.86. The Labute approximate surface area is 57.3 Å². The Bertz CT molecular complexity index is 41.4. The molecule has 7 heteroatoms. The molecule has 0 rings (SSSR count). The molecule has 0 saturated carbocycles. The predicted molar refractivity (Wildman–Crippen MR) is 26.2 cm³/mol. The fourth-order valence-electron chi connectivity index (χ4n) is 0. The van der Waals surface area contributed by atoms with Gasteiger partial charge in [-0.2, -0.15) is 0 Å². The van der Waals surface area contributed by atoms with Gasteiger partial charge in [-0.1, -0.05) is 0 Å². The molecule has 0 unspecified atom stereocenters. The first kappa shape index (κ1) is 10.7. The third-order valence-electron chi connectivity index (χ3n) is 0.158. The van der Waals surface area contributed by atoms with Gasteiger partial charge in [-0.25, -0.2) is 5.90 Å². The summed E-state index contributed by atoms with van der Waals surface area (Å²) in [5.74, 6) is 4.12. The number of rotatable bonds is 1. The second-order valence-electron chi connectivity index (χ2n) is 0.692. The van der Waals surface area contributed by atoms with Crippen molar-refractivity contribution in [3.8, 4) is 0 Å². The van der Waals surface area contributed by atoms with Crippen LogP contribution in [0.15, 0.2) is 0 Å². The second kappa shape index (κ2) is 3.74. The molecule has 0 aliphatic rings. The summed E-state index contributed by atoms with van der Waals surface area (Å²) < 4.78 is 3.24. The van der Waals surface area contributed by atoms with Crippen LogP contribution in [0.1, 0.15) is 0 Å². The third kappa shape index (κ3) is 10.8. The highest BCUT2D eigenvalue weighted by atomic mass is 28.4. The molecule has 0 heterocycles. The summed E-state index contributed by atoms with van der Waals surface area (Å²) in [5.41, 5.74) is 0. The molecule has 5 N–H and O–H groups in total. The fourth-order valence-corrected chi connectivity index (χ4v) is 0. The summed E-state index contributed by atoms with van der Waals surface area (Å²) in [4.78, 5) is 23.2. The highest BCUT2D eigenvalue weighted by Gasteiger charge is 2.29. The van der Waals surface area contributed by atoms with E-state index in [0.717, 1.165) is 0 Å². The van der Waals surface area contributed by atoms with E-state index in [2.05, 4.69) is 10.4 Å². The van der Waals surface area contributed by atoms with Crippen LogP contribution in [0, 0.1) is 0 Å². The normalized spacial score (nSPS) is 10.3. The second-order valence-corrected chi connectivity index (χ2v) is 2.08. The van der Waals surface area contributed by atoms with E-state index in [0.29, 0.717) is 0 Å². The van der Waals surface area contributed by atoms with E-state index in [1.54, 1.807) is 0 Å². The lowest BCUT2D eigenvalue weighted by molar-refractivity contribution is 0.0634. The first-order chi connectivity index (χ1) is 2.56. The van der Waals surface area contributed by atoms with E-state index in [-0.39, 0.29) is 23.1 Å². The van der Waals surface area contributed by atoms with Gasteiger partial charge in [0, 0.05) is 0 Å². The van der Waals surface area contributed by atoms with Gasteiger partial charge in [0.2, 0.25) is 0 Å². The van der Waals surface area contributed by atoms with Crippen LogP contribution in [0.25, 0.3) is 0 Å². The van der Waals surface area contributed by atoms with Crippen LogP contribution in [0.4, 0.5) is 0 Å². The lowest BCUT2D eigenvalue weighted by Gasteiger charge is -2.00. The minimum atomic E-state index is -4.35.